The van der Waals surface area contributed by atoms with Crippen molar-refractivity contribution in [1.82, 2.24) is 4.83 Å². The number of benzene rings is 2. The van der Waals surface area contributed by atoms with Crippen molar-refractivity contribution in [2.45, 2.75) is 5.75 Å². The predicted molar refractivity (Wildman–Crippen MR) is 87.6 cm³/mol. The highest BCUT2D eigenvalue weighted by molar-refractivity contribution is 7.88. The van der Waals surface area contributed by atoms with Gasteiger partial charge in [0, 0.05) is 0 Å². The van der Waals surface area contributed by atoms with Crippen LogP contribution in [0.1, 0.15) is 21.5 Å². The summed E-state index contributed by atoms with van der Waals surface area (Å²) in [5, 5.41) is 3.72. The van der Waals surface area contributed by atoms with Crippen molar-refractivity contribution in [3.8, 4) is 0 Å². The number of nitrogens with one attached hydrogen (secondary N) is 1. The molecule has 2 rings (SSSR count). The lowest BCUT2D eigenvalue weighted by Crippen LogP contribution is -2.20. The van der Waals surface area contributed by atoms with Crippen LogP contribution in [0.2, 0.25) is 0 Å². The van der Waals surface area contributed by atoms with Crippen molar-refractivity contribution in [2.75, 3.05) is 7.11 Å². The Balaban J connectivity index is 1.96. The highest BCUT2D eigenvalue weighted by atomic mass is 32.2. The second-order valence-corrected chi connectivity index (χ2v) is 6.41. The van der Waals surface area contributed by atoms with Gasteiger partial charge in [-0.05, 0) is 23.3 Å². The van der Waals surface area contributed by atoms with Crippen LogP contribution in [-0.4, -0.2) is 27.7 Å². The van der Waals surface area contributed by atoms with Crippen LogP contribution in [0.25, 0.3) is 0 Å². The molecule has 23 heavy (non-hydrogen) atoms. The summed E-state index contributed by atoms with van der Waals surface area (Å²) >= 11 is 0. The van der Waals surface area contributed by atoms with Gasteiger partial charge < -0.3 is 4.74 Å². The normalized spacial score (nSPS) is 11.3. The molecule has 6 nitrogen and oxygen atoms in total. The maximum Gasteiger partial charge on any atom is 0.337 e. The van der Waals surface area contributed by atoms with Gasteiger partial charge in [-0.25, -0.2) is 18.0 Å². The van der Waals surface area contributed by atoms with Gasteiger partial charge in [-0.2, -0.15) is 5.10 Å². The average Bonchev–Trinajstić information content (AvgIpc) is 2.55. The number of hydrogen-bond acceptors (Lipinski definition) is 5. The van der Waals surface area contributed by atoms with E-state index in [-0.39, 0.29) is 5.75 Å². The van der Waals surface area contributed by atoms with Crippen molar-refractivity contribution in [3.63, 3.8) is 0 Å². The number of rotatable bonds is 6. The van der Waals surface area contributed by atoms with E-state index in [0.717, 1.165) is 0 Å². The van der Waals surface area contributed by atoms with Crippen LogP contribution in [-0.2, 0) is 20.5 Å². The Morgan fingerprint density at radius 1 is 1.13 bits per heavy atom. The lowest BCUT2D eigenvalue weighted by Gasteiger charge is -2.03. The van der Waals surface area contributed by atoms with Crippen molar-refractivity contribution >= 4 is 22.2 Å². The summed E-state index contributed by atoms with van der Waals surface area (Å²) in [6.45, 7) is 0. The van der Waals surface area contributed by atoms with Gasteiger partial charge in [0.05, 0.1) is 24.6 Å². The molecule has 0 atom stereocenters. The summed E-state index contributed by atoms with van der Waals surface area (Å²) in [7, 11) is -2.25. The first-order chi connectivity index (χ1) is 11.0. The zero-order valence-corrected chi connectivity index (χ0v) is 13.3. The fraction of sp³-hybridized carbons (Fsp3) is 0.125. The third kappa shape index (κ3) is 5.23. The maximum atomic E-state index is 11.9. The number of sulfonamides is 1. The van der Waals surface area contributed by atoms with Crippen molar-refractivity contribution < 1.29 is 17.9 Å². The van der Waals surface area contributed by atoms with E-state index in [1.54, 1.807) is 48.5 Å². The molecule has 120 valence electrons. The largest absolute Gasteiger partial charge is 0.465 e. The Bertz CT molecular complexity index is 785. The highest BCUT2D eigenvalue weighted by Crippen LogP contribution is 2.05. The smallest absolute Gasteiger partial charge is 0.337 e. The number of hydrazone groups is 1. The van der Waals surface area contributed by atoms with Gasteiger partial charge in [0.25, 0.3) is 10.0 Å². The van der Waals surface area contributed by atoms with E-state index >= 15 is 0 Å². The van der Waals surface area contributed by atoms with Crippen LogP contribution in [0.5, 0.6) is 0 Å². The summed E-state index contributed by atoms with van der Waals surface area (Å²) in [6, 6.07) is 15.3. The second kappa shape index (κ2) is 7.55. The summed E-state index contributed by atoms with van der Waals surface area (Å²) in [5.41, 5.74) is 1.74. The Hall–Kier alpha value is -2.67. The second-order valence-electron chi connectivity index (χ2n) is 4.71. The molecule has 0 saturated carbocycles. The van der Waals surface area contributed by atoms with Crippen molar-refractivity contribution in [2.24, 2.45) is 5.10 Å². The van der Waals surface area contributed by atoms with Gasteiger partial charge in [-0.3, -0.25) is 0 Å². The predicted octanol–water partition coefficient (Wildman–Crippen LogP) is 1.93. The lowest BCUT2D eigenvalue weighted by atomic mass is 10.1. The first-order valence-electron chi connectivity index (χ1n) is 6.75. The molecule has 0 heterocycles. The third-order valence-electron chi connectivity index (χ3n) is 2.94. The molecule has 0 saturated heterocycles. The summed E-state index contributed by atoms with van der Waals surface area (Å²) in [5.74, 6) is -0.580. The lowest BCUT2D eigenvalue weighted by molar-refractivity contribution is 0.0600. The van der Waals surface area contributed by atoms with E-state index in [4.69, 9.17) is 0 Å². The zero-order valence-electron chi connectivity index (χ0n) is 12.5. The minimum absolute atomic E-state index is 0.146. The number of ether oxygens (including phenoxy) is 1. The number of methoxy groups -OCH3 is 1. The van der Waals surface area contributed by atoms with Gasteiger partial charge in [-0.1, -0.05) is 42.5 Å². The van der Waals surface area contributed by atoms with E-state index < -0.39 is 16.0 Å². The molecule has 0 aliphatic rings. The minimum atomic E-state index is -3.55. The van der Waals surface area contributed by atoms with Crippen molar-refractivity contribution in [3.05, 3.63) is 71.3 Å². The van der Waals surface area contributed by atoms with E-state index in [1.165, 1.54) is 13.3 Å². The molecule has 0 aliphatic heterocycles. The summed E-state index contributed by atoms with van der Waals surface area (Å²) in [4.78, 5) is 13.5. The van der Waals surface area contributed by atoms with Crippen LogP contribution in [0.4, 0.5) is 0 Å². The van der Waals surface area contributed by atoms with Crippen LogP contribution >= 0.6 is 0 Å². The molecule has 0 amide bonds. The fourth-order valence-corrected chi connectivity index (χ4v) is 2.74. The van der Waals surface area contributed by atoms with Gasteiger partial charge in [-0.15, -0.1) is 0 Å². The molecule has 0 radical (unpaired) electrons. The molecule has 0 aromatic heterocycles. The summed E-state index contributed by atoms with van der Waals surface area (Å²) < 4.78 is 28.4. The van der Waals surface area contributed by atoms with Crippen molar-refractivity contribution in [1.29, 1.82) is 0 Å². The molecule has 0 fully saturated rings. The van der Waals surface area contributed by atoms with E-state index in [1.807, 2.05) is 6.07 Å². The van der Waals surface area contributed by atoms with Gasteiger partial charge in [0.15, 0.2) is 0 Å². The highest BCUT2D eigenvalue weighted by Gasteiger charge is 2.09. The Labute approximate surface area is 134 Å². The van der Waals surface area contributed by atoms with Crippen LogP contribution in [0.3, 0.4) is 0 Å². The van der Waals surface area contributed by atoms with Crippen LogP contribution in [0, 0.1) is 0 Å². The zero-order chi connectivity index (χ0) is 16.7. The molecular formula is C16H16N2O4S. The van der Waals surface area contributed by atoms with E-state index in [2.05, 4.69) is 14.7 Å². The Morgan fingerprint density at radius 2 is 1.78 bits per heavy atom. The third-order valence-corrected chi connectivity index (χ3v) is 4.03. The number of nitrogens with zero attached hydrogens (tertiary/aromatic N) is 1. The molecule has 2 aromatic rings. The number of carbonyl (C=O) groups is 1. The maximum absolute atomic E-state index is 11.9. The van der Waals surface area contributed by atoms with E-state index in [0.29, 0.717) is 16.7 Å². The molecular weight excluding hydrogens is 316 g/mol. The molecule has 0 bridgehead atoms. The average molecular weight is 332 g/mol. The van der Waals surface area contributed by atoms with E-state index in [9.17, 15) is 13.2 Å². The van der Waals surface area contributed by atoms with Crippen LogP contribution in [0.15, 0.2) is 59.7 Å². The quantitative estimate of drug-likeness (QED) is 0.497. The molecule has 7 heteroatoms. The Morgan fingerprint density at radius 3 is 2.39 bits per heavy atom. The van der Waals surface area contributed by atoms with Gasteiger partial charge >= 0.3 is 5.97 Å². The molecule has 2 aromatic carbocycles. The standard InChI is InChI=1S/C16H16N2O4S/c1-22-16(19)15-9-7-13(8-10-15)11-17-18-23(20,21)12-14-5-3-2-4-6-14/h2-11,18H,12H2,1H3/b17-11+. The number of esters is 1. The minimum Gasteiger partial charge on any atom is -0.465 e. The number of hydrogen-bond donors (Lipinski definition) is 1. The SMILES string of the molecule is COC(=O)c1ccc(/C=N/NS(=O)(=O)Cc2ccccc2)cc1. The molecule has 0 aliphatic carbocycles. The molecule has 1 N–H and O–H groups in total. The fourth-order valence-electron chi connectivity index (χ4n) is 1.83. The van der Waals surface area contributed by atoms with Crippen LogP contribution < -0.4 is 4.83 Å². The van der Waals surface area contributed by atoms with Gasteiger partial charge in [0.2, 0.25) is 0 Å². The molecule has 0 spiro atoms. The first kappa shape index (κ1) is 16.7. The monoisotopic (exact) mass is 332 g/mol. The number of carbonyl (C=O) groups excluding carboxylic acids is 1. The van der Waals surface area contributed by atoms with Gasteiger partial charge in [0.1, 0.15) is 0 Å². The Kier molecular flexibility index (Phi) is 5.48. The first-order valence-corrected chi connectivity index (χ1v) is 8.40. The summed E-state index contributed by atoms with van der Waals surface area (Å²) in [6.07, 6.45) is 1.36. The topological polar surface area (TPSA) is 84.8 Å². The molecule has 0 unspecified atom stereocenters.